The summed E-state index contributed by atoms with van der Waals surface area (Å²) in [6.45, 7) is 4.38. The molecule has 0 aliphatic rings. The number of carbonyl (C=O) groups is 1. The minimum atomic E-state index is -0.0815. The van der Waals surface area contributed by atoms with Crippen LogP contribution in [-0.4, -0.2) is 32.7 Å². The lowest BCUT2D eigenvalue weighted by atomic mass is 10.1. The van der Waals surface area contributed by atoms with Gasteiger partial charge in [0.25, 0.3) is 5.91 Å². The third kappa shape index (κ3) is 3.75. The monoisotopic (exact) mass is 236 g/mol. The number of aryl methyl sites for hydroxylation is 1. The molecule has 1 rings (SSSR count). The van der Waals surface area contributed by atoms with Gasteiger partial charge in [0.2, 0.25) is 0 Å². The third-order valence-electron chi connectivity index (χ3n) is 2.64. The first-order valence-corrected chi connectivity index (χ1v) is 5.68. The maximum atomic E-state index is 12.0. The molecule has 0 radical (unpaired) electrons. The lowest BCUT2D eigenvalue weighted by Crippen LogP contribution is -2.32. The van der Waals surface area contributed by atoms with Gasteiger partial charge >= 0.3 is 0 Å². The van der Waals surface area contributed by atoms with Gasteiger partial charge in [0, 0.05) is 26.4 Å². The van der Waals surface area contributed by atoms with Gasteiger partial charge in [-0.1, -0.05) is 11.6 Å². The minimum Gasteiger partial charge on any atom is -0.387 e. The summed E-state index contributed by atoms with van der Waals surface area (Å²) in [5.74, 6) is -0.0815. The normalized spacial score (nSPS) is 12.0. The number of rotatable bonds is 5. The average molecular weight is 236 g/mol. The van der Waals surface area contributed by atoms with E-state index in [4.69, 9.17) is 4.74 Å². The van der Waals surface area contributed by atoms with Gasteiger partial charge in [0.15, 0.2) is 0 Å². The van der Waals surface area contributed by atoms with E-state index in [1.54, 1.807) is 14.2 Å². The summed E-state index contributed by atoms with van der Waals surface area (Å²) in [6.07, 6.45) is 0.0156. The van der Waals surface area contributed by atoms with Crippen molar-refractivity contribution in [1.82, 2.24) is 5.32 Å². The highest BCUT2D eigenvalue weighted by molar-refractivity contribution is 5.99. The molecule has 0 aliphatic carbocycles. The Balaban J connectivity index is 2.77. The van der Waals surface area contributed by atoms with Crippen LogP contribution in [0.5, 0.6) is 0 Å². The number of amides is 1. The summed E-state index contributed by atoms with van der Waals surface area (Å²) in [6, 6.07) is 5.75. The van der Waals surface area contributed by atoms with Gasteiger partial charge in [-0.25, -0.2) is 0 Å². The van der Waals surface area contributed by atoms with Crippen LogP contribution in [0, 0.1) is 6.92 Å². The summed E-state index contributed by atoms with van der Waals surface area (Å²) in [5, 5.41) is 5.86. The second-order valence-corrected chi connectivity index (χ2v) is 4.06. The van der Waals surface area contributed by atoms with Crippen molar-refractivity contribution >= 4 is 11.6 Å². The van der Waals surface area contributed by atoms with Crippen molar-refractivity contribution in [2.24, 2.45) is 0 Å². The summed E-state index contributed by atoms with van der Waals surface area (Å²) >= 11 is 0. The molecule has 0 fully saturated rings. The number of carbonyl (C=O) groups excluding carboxylic acids is 1. The number of methoxy groups -OCH3 is 1. The first-order valence-electron chi connectivity index (χ1n) is 5.68. The van der Waals surface area contributed by atoms with Crippen molar-refractivity contribution < 1.29 is 9.53 Å². The van der Waals surface area contributed by atoms with E-state index >= 15 is 0 Å². The molecule has 1 amide bonds. The molecule has 0 bridgehead atoms. The van der Waals surface area contributed by atoms with Crippen LogP contribution < -0.4 is 10.6 Å². The van der Waals surface area contributed by atoms with E-state index < -0.39 is 0 Å². The van der Waals surface area contributed by atoms with Crippen molar-refractivity contribution in [3.05, 3.63) is 29.3 Å². The number of benzene rings is 1. The summed E-state index contributed by atoms with van der Waals surface area (Å²) in [7, 11) is 3.43. The third-order valence-corrected chi connectivity index (χ3v) is 2.64. The molecule has 0 aliphatic heterocycles. The van der Waals surface area contributed by atoms with Crippen molar-refractivity contribution in [3.8, 4) is 0 Å². The van der Waals surface area contributed by atoms with Crippen LogP contribution in [-0.2, 0) is 4.74 Å². The molecule has 0 heterocycles. The zero-order valence-electron chi connectivity index (χ0n) is 10.8. The van der Waals surface area contributed by atoms with Gasteiger partial charge in [0.1, 0.15) is 0 Å². The molecule has 0 saturated carbocycles. The summed E-state index contributed by atoms with van der Waals surface area (Å²) in [4.78, 5) is 12.0. The predicted molar refractivity (Wildman–Crippen MR) is 69.5 cm³/mol. The Hall–Kier alpha value is -1.55. The Morgan fingerprint density at radius 2 is 2.18 bits per heavy atom. The fourth-order valence-electron chi connectivity index (χ4n) is 1.48. The molecule has 4 nitrogen and oxygen atoms in total. The number of ether oxygens (including phenoxy) is 1. The van der Waals surface area contributed by atoms with Gasteiger partial charge < -0.3 is 15.4 Å². The van der Waals surface area contributed by atoms with Gasteiger partial charge in [0.05, 0.1) is 11.7 Å². The second kappa shape index (κ2) is 6.25. The molecule has 94 valence electrons. The van der Waals surface area contributed by atoms with Crippen molar-refractivity contribution in [3.63, 3.8) is 0 Å². The number of hydrogen-bond donors (Lipinski definition) is 2. The average Bonchev–Trinajstić information content (AvgIpc) is 2.35. The Labute approximate surface area is 102 Å². The Bertz CT molecular complexity index is 391. The van der Waals surface area contributed by atoms with E-state index in [-0.39, 0.29) is 12.0 Å². The van der Waals surface area contributed by atoms with E-state index in [0.29, 0.717) is 12.1 Å². The van der Waals surface area contributed by atoms with Crippen LogP contribution in [0.3, 0.4) is 0 Å². The summed E-state index contributed by atoms with van der Waals surface area (Å²) in [5.41, 5.74) is 2.56. The quantitative estimate of drug-likeness (QED) is 0.819. The van der Waals surface area contributed by atoms with Crippen LogP contribution >= 0.6 is 0 Å². The smallest absolute Gasteiger partial charge is 0.253 e. The molecule has 4 heteroatoms. The molecule has 17 heavy (non-hydrogen) atoms. The van der Waals surface area contributed by atoms with E-state index in [0.717, 1.165) is 11.3 Å². The lowest BCUT2D eigenvalue weighted by Gasteiger charge is -2.13. The first kappa shape index (κ1) is 13.5. The van der Waals surface area contributed by atoms with Gasteiger partial charge in [-0.2, -0.15) is 0 Å². The predicted octanol–water partition coefficient (Wildman–Crippen LogP) is 1.80. The Morgan fingerprint density at radius 1 is 1.47 bits per heavy atom. The van der Waals surface area contributed by atoms with Crippen molar-refractivity contribution in [2.45, 2.75) is 20.0 Å². The standard InChI is InChI=1S/C13H20N2O2/c1-9-5-6-12(14-3)11(7-9)13(16)15-8-10(2)17-4/h5-7,10,14H,8H2,1-4H3,(H,15,16). The van der Waals surface area contributed by atoms with E-state index in [1.165, 1.54) is 0 Å². The SMILES string of the molecule is CNc1ccc(C)cc1C(=O)NCC(C)OC. The zero-order chi connectivity index (χ0) is 12.8. The molecule has 0 spiro atoms. The van der Waals surface area contributed by atoms with E-state index in [9.17, 15) is 4.79 Å². The number of nitrogens with one attached hydrogen (secondary N) is 2. The second-order valence-electron chi connectivity index (χ2n) is 4.06. The fraction of sp³-hybridized carbons (Fsp3) is 0.462. The van der Waals surface area contributed by atoms with Gasteiger partial charge in [-0.15, -0.1) is 0 Å². The summed E-state index contributed by atoms with van der Waals surface area (Å²) < 4.78 is 5.09. The van der Waals surface area contributed by atoms with Crippen LogP contribution in [0.1, 0.15) is 22.8 Å². The first-order chi connectivity index (χ1) is 8.08. The Morgan fingerprint density at radius 3 is 2.76 bits per heavy atom. The molecular formula is C13H20N2O2. The Kier molecular flexibility index (Phi) is 4.97. The van der Waals surface area contributed by atoms with Crippen LogP contribution in [0.15, 0.2) is 18.2 Å². The van der Waals surface area contributed by atoms with Crippen molar-refractivity contribution in [1.29, 1.82) is 0 Å². The van der Waals surface area contributed by atoms with Gasteiger partial charge in [-0.05, 0) is 26.0 Å². The molecule has 1 unspecified atom stereocenters. The number of hydrogen-bond acceptors (Lipinski definition) is 3. The lowest BCUT2D eigenvalue weighted by molar-refractivity contribution is 0.0871. The molecule has 2 N–H and O–H groups in total. The highest BCUT2D eigenvalue weighted by atomic mass is 16.5. The largest absolute Gasteiger partial charge is 0.387 e. The maximum Gasteiger partial charge on any atom is 0.253 e. The minimum absolute atomic E-state index is 0.0156. The molecular weight excluding hydrogens is 216 g/mol. The molecule has 0 aromatic heterocycles. The van der Waals surface area contributed by atoms with E-state index in [1.807, 2.05) is 32.0 Å². The van der Waals surface area contributed by atoms with Crippen LogP contribution in [0.2, 0.25) is 0 Å². The molecule has 1 aromatic rings. The van der Waals surface area contributed by atoms with Crippen molar-refractivity contribution in [2.75, 3.05) is 26.0 Å². The van der Waals surface area contributed by atoms with Crippen LogP contribution in [0.25, 0.3) is 0 Å². The maximum absolute atomic E-state index is 12.0. The molecule has 1 atom stereocenters. The highest BCUT2D eigenvalue weighted by Crippen LogP contribution is 2.16. The number of anilines is 1. The molecule has 1 aromatic carbocycles. The topological polar surface area (TPSA) is 50.4 Å². The van der Waals surface area contributed by atoms with Crippen LogP contribution in [0.4, 0.5) is 5.69 Å². The van der Waals surface area contributed by atoms with E-state index in [2.05, 4.69) is 10.6 Å². The fourth-order valence-corrected chi connectivity index (χ4v) is 1.48. The zero-order valence-corrected chi connectivity index (χ0v) is 10.8. The van der Waals surface area contributed by atoms with Gasteiger partial charge in [-0.3, -0.25) is 4.79 Å². The molecule has 0 saturated heterocycles. The highest BCUT2D eigenvalue weighted by Gasteiger charge is 2.11.